The second-order valence-electron chi connectivity index (χ2n) is 6.36. The van der Waals surface area contributed by atoms with Crippen molar-refractivity contribution in [2.75, 3.05) is 5.32 Å². The summed E-state index contributed by atoms with van der Waals surface area (Å²) < 4.78 is 56.1. The number of phenolic OH excluding ortho intramolecular Hbond substituents is 1. The van der Waals surface area contributed by atoms with Crippen LogP contribution in [0, 0.1) is 0 Å². The molecular formula is C18H17N4NaO7S2. The van der Waals surface area contributed by atoms with Gasteiger partial charge in [0, 0.05) is 12.3 Å². The number of nitrogens with zero attached hydrogens (tertiary/aromatic N) is 2. The summed E-state index contributed by atoms with van der Waals surface area (Å²) in [6, 6.07) is 9.87. The van der Waals surface area contributed by atoms with E-state index in [1.807, 2.05) is 0 Å². The van der Waals surface area contributed by atoms with E-state index in [4.69, 9.17) is 5.14 Å². The fourth-order valence-electron chi connectivity index (χ4n) is 2.83. The number of carbonyl (C=O) groups is 1. The van der Waals surface area contributed by atoms with Crippen LogP contribution in [0.5, 0.6) is 5.75 Å². The number of nitrogens with two attached hydrogens (primary N) is 1. The Balaban J connectivity index is 0.00000363. The number of primary sulfonamides is 1. The second-order valence-corrected chi connectivity index (χ2v) is 9.31. The Morgan fingerprint density at radius 2 is 1.56 bits per heavy atom. The number of hydrogen-bond acceptors (Lipinski definition) is 8. The molecule has 0 saturated heterocycles. The van der Waals surface area contributed by atoms with Gasteiger partial charge in [-0.05, 0) is 48.5 Å². The first kappa shape index (κ1) is 25.9. The molecule has 32 heavy (non-hydrogen) atoms. The van der Waals surface area contributed by atoms with E-state index in [0.29, 0.717) is 0 Å². The molecule has 0 heterocycles. The molecule has 0 aliphatic heterocycles. The van der Waals surface area contributed by atoms with Crippen LogP contribution >= 0.6 is 0 Å². The van der Waals surface area contributed by atoms with Crippen LogP contribution in [0.2, 0.25) is 0 Å². The molecule has 1 amide bonds. The molecule has 5 N–H and O–H groups in total. The molecular weight excluding hydrogens is 471 g/mol. The molecule has 0 aliphatic carbocycles. The number of carbonyl (C=O) groups excluding carboxylic acids is 1. The quantitative estimate of drug-likeness (QED) is 0.240. The molecule has 0 radical (unpaired) electrons. The zero-order valence-corrected chi connectivity index (χ0v) is 17.5. The zero-order chi connectivity index (χ0) is 23.0. The number of aromatic hydroxyl groups is 1. The minimum atomic E-state index is -4.72. The van der Waals surface area contributed by atoms with E-state index >= 15 is 0 Å². The van der Waals surface area contributed by atoms with E-state index in [-0.39, 0.29) is 68.0 Å². The Kier molecular flexibility index (Phi) is 7.78. The maximum absolute atomic E-state index is 11.9. The van der Waals surface area contributed by atoms with Crippen molar-refractivity contribution in [2.45, 2.75) is 16.7 Å². The molecule has 0 saturated carbocycles. The Morgan fingerprint density at radius 3 is 2.09 bits per heavy atom. The van der Waals surface area contributed by atoms with Crippen LogP contribution in [-0.4, -0.2) is 62.0 Å². The SMILES string of the molecule is CC(=O)Nc1ccc(S(=O)(=O)O)c2c(N=Nc3ccc(S(N)(=O)=O)cc3)ccc(O)c12.[NaH]. The van der Waals surface area contributed by atoms with Gasteiger partial charge in [-0.3, -0.25) is 9.35 Å². The normalized spacial score (nSPS) is 12.0. The van der Waals surface area contributed by atoms with Gasteiger partial charge in [0.15, 0.2) is 0 Å². The van der Waals surface area contributed by atoms with Crippen molar-refractivity contribution in [3.8, 4) is 5.75 Å². The van der Waals surface area contributed by atoms with Crippen LogP contribution in [0.15, 0.2) is 68.6 Å². The van der Waals surface area contributed by atoms with Crippen molar-refractivity contribution in [1.82, 2.24) is 0 Å². The molecule has 0 unspecified atom stereocenters. The van der Waals surface area contributed by atoms with Gasteiger partial charge in [-0.15, -0.1) is 5.11 Å². The minimum absolute atomic E-state index is 0. The number of sulfonamides is 1. The number of fused-ring (bicyclic) bond motifs is 1. The van der Waals surface area contributed by atoms with E-state index in [0.717, 1.165) is 6.07 Å². The molecule has 14 heteroatoms. The van der Waals surface area contributed by atoms with E-state index in [1.54, 1.807) is 0 Å². The van der Waals surface area contributed by atoms with E-state index < -0.39 is 30.9 Å². The summed E-state index contributed by atoms with van der Waals surface area (Å²) >= 11 is 0. The summed E-state index contributed by atoms with van der Waals surface area (Å²) in [5, 5.41) is 25.5. The molecule has 3 aromatic carbocycles. The Bertz CT molecular complexity index is 1440. The fourth-order valence-corrected chi connectivity index (χ4v) is 4.05. The van der Waals surface area contributed by atoms with E-state index in [9.17, 15) is 31.3 Å². The Hall–Kier alpha value is -2.39. The van der Waals surface area contributed by atoms with Crippen LogP contribution in [0.4, 0.5) is 17.1 Å². The second kappa shape index (κ2) is 9.62. The number of anilines is 1. The number of phenols is 1. The monoisotopic (exact) mass is 488 g/mol. The van der Waals surface area contributed by atoms with Gasteiger partial charge in [0.1, 0.15) is 10.6 Å². The average molecular weight is 488 g/mol. The molecule has 0 atom stereocenters. The summed E-state index contributed by atoms with van der Waals surface area (Å²) in [4.78, 5) is 10.8. The molecule has 164 valence electrons. The third kappa shape index (κ3) is 5.69. The number of benzene rings is 3. The third-order valence-corrected chi connectivity index (χ3v) is 5.93. The predicted octanol–water partition coefficient (Wildman–Crippen LogP) is 2.16. The van der Waals surface area contributed by atoms with Crippen molar-refractivity contribution < 1.29 is 31.3 Å². The van der Waals surface area contributed by atoms with Gasteiger partial charge in [-0.25, -0.2) is 13.6 Å². The van der Waals surface area contributed by atoms with Crippen LogP contribution in [-0.2, 0) is 24.9 Å². The number of amides is 1. The van der Waals surface area contributed by atoms with E-state index in [2.05, 4.69) is 15.5 Å². The third-order valence-electron chi connectivity index (χ3n) is 4.11. The van der Waals surface area contributed by atoms with Crippen LogP contribution in [0.25, 0.3) is 10.8 Å². The first-order valence-corrected chi connectivity index (χ1v) is 11.4. The summed E-state index contributed by atoms with van der Waals surface area (Å²) in [7, 11) is -8.61. The molecule has 3 rings (SSSR count). The van der Waals surface area contributed by atoms with Crippen molar-refractivity contribution >= 4 is 83.4 Å². The first-order chi connectivity index (χ1) is 14.4. The zero-order valence-electron chi connectivity index (χ0n) is 15.8. The van der Waals surface area contributed by atoms with Crippen molar-refractivity contribution in [2.24, 2.45) is 15.4 Å². The van der Waals surface area contributed by atoms with Crippen LogP contribution in [0.1, 0.15) is 6.92 Å². The summed E-state index contributed by atoms with van der Waals surface area (Å²) in [6.07, 6.45) is 0. The molecule has 3 aromatic rings. The summed E-state index contributed by atoms with van der Waals surface area (Å²) in [6.45, 7) is 1.23. The fraction of sp³-hybridized carbons (Fsp3) is 0.0556. The molecule has 0 bridgehead atoms. The number of hydrogen-bond donors (Lipinski definition) is 4. The molecule has 0 spiro atoms. The van der Waals surface area contributed by atoms with Crippen LogP contribution in [0.3, 0.4) is 0 Å². The van der Waals surface area contributed by atoms with Gasteiger partial charge < -0.3 is 10.4 Å². The molecule has 0 aliphatic rings. The van der Waals surface area contributed by atoms with Gasteiger partial charge in [0.05, 0.1) is 27.3 Å². The Morgan fingerprint density at radius 1 is 0.938 bits per heavy atom. The number of rotatable bonds is 5. The Labute approximate surface area is 205 Å². The number of azo groups is 1. The van der Waals surface area contributed by atoms with Crippen molar-refractivity contribution in [3.63, 3.8) is 0 Å². The van der Waals surface area contributed by atoms with Gasteiger partial charge in [-0.1, -0.05) is 0 Å². The predicted molar refractivity (Wildman–Crippen MR) is 119 cm³/mol. The van der Waals surface area contributed by atoms with Gasteiger partial charge in [0.25, 0.3) is 10.1 Å². The maximum atomic E-state index is 11.9. The standard InChI is InChI=1S/C18H16N4O7S2.Na.H/c1-10(23)20-13-7-9-16(31(27,28)29)18-14(6-8-15(24)17(13)18)22-21-11-2-4-12(5-3-11)30(19,25)26;;/h2-9,24H,1H3,(H,20,23)(H2,19,25,26)(H,27,28,29);;. The van der Waals surface area contributed by atoms with Gasteiger partial charge in [-0.2, -0.15) is 13.5 Å². The van der Waals surface area contributed by atoms with Crippen LogP contribution < -0.4 is 10.5 Å². The molecule has 0 aromatic heterocycles. The first-order valence-electron chi connectivity index (χ1n) is 8.46. The van der Waals surface area contributed by atoms with E-state index in [1.165, 1.54) is 49.4 Å². The molecule has 0 fully saturated rings. The summed E-state index contributed by atoms with van der Waals surface area (Å²) in [5.74, 6) is -0.831. The van der Waals surface area contributed by atoms with Gasteiger partial charge >= 0.3 is 29.6 Å². The summed E-state index contributed by atoms with van der Waals surface area (Å²) in [5.41, 5.74) is 0.283. The number of nitrogens with one attached hydrogen (secondary N) is 1. The topological polar surface area (TPSA) is 189 Å². The average Bonchev–Trinajstić information content (AvgIpc) is 2.65. The molecule has 11 nitrogen and oxygen atoms in total. The van der Waals surface area contributed by atoms with Crippen molar-refractivity contribution in [1.29, 1.82) is 0 Å². The van der Waals surface area contributed by atoms with Gasteiger partial charge in [0.2, 0.25) is 15.9 Å². The van der Waals surface area contributed by atoms with Crippen molar-refractivity contribution in [3.05, 3.63) is 48.5 Å².